The van der Waals surface area contributed by atoms with Crippen molar-refractivity contribution >= 4 is 28.3 Å². The average molecular weight is 631 g/mol. The van der Waals surface area contributed by atoms with Crippen molar-refractivity contribution in [2.45, 2.75) is 62.1 Å². The first kappa shape index (κ1) is 28.9. The number of hydrogen-bond donors (Lipinski definition) is 2. The summed E-state index contributed by atoms with van der Waals surface area (Å²) in [6, 6.07) is 8.44. The van der Waals surface area contributed by atoms with Gasteiger partial charge in [-0.25, -0.2) is 4.79 Å². The van der Waals surface area contributed by atoms with Crippen LogP contribution in [0.5, 0.6) is 17.2 Å². The second kappa shape index (κ2) is 9.71. The molecule has 2 N–H and O–H groups in total. The van der Waals surface area contributed by atoms with Gasteiger partial charge in [0.25, 0.3) is 5.79 Å². The number of phenols is 1. The summed E-state index contributed by atoms with van der Waals surface area (Å²) in [5.74, 6) is -2.73. The van der Waals surface area contributed by atoms with Gasteiger partial charge in [0.1, 0.15) is 23.4 Å². The third-order valence-corrected chi connectivity index (χ3v) is 10.0. The van der Waals surface area contributed by atoms with Gasteiger partial charge < -0.3 is 38.6 Å². The van der Waals surface area contributed by atoms with Crippen molar-refractivity contribution in [2.75, 3.05) is 27.4 Å². The van der Waals surface area contributed by atoms with Gasteiger partial charge >= 0.3 is 6.09 Å². The minimum Gasteiger partial charge on any atom is -0.506 e. The lowest BCUT2D eigenvalue weighted by Crippen LogP contribution is -2.69. The number of methoxy groups -OCH3 is 2. The molecule has 0 radical (unpaired) electrons. The Hall–Kier alpha value is -4.59. The molecule has 5 aliphatic rings. The van der Waals surface area contributed by atoms with E-state index in [2.05, 4.69) is 10.0 Å². The molecule has 238 valence electrons. The molecule has 14 nitrogen and oxygen atoms in total. The lowest BCUT2D eigenvalue weighted by molar-refractivity contribution is -0.290. The number of azide groups is 1. The van der Waals surface area contributed by atoms with Gasteiger partial charge in [0, 0.05) is 47.2 Å². The Morgan fingerprint density at radius 1 is 1.22 bits per heavy atom. The SMILES string of the molecule is COc1c2c(c(O)c3c4c(c(C)cc13)[C@H]1O[C@]3(CN(Cc5ccc(N=[N+]=[N-])cc5)C(=O)O)O[C@@H]1C(OC)(O4)[C@@]31CO1)C(=O)CCC2. The predicted molar refractivity (Wildman–Crippen MR) is 158 cm³/mol. The van der Waals surface area contributed by atoms with Crippen molar-refractivity contribution in [3.63, 3.8) is 0 Å². The lowest BCUT2D eigenvalue weighted by atomic mass is 9.78. The first-order valence-electron chi connectivity index (χ1n) is 14.9. The zero-order valence-electron chi connectivity index (χ0n) is 25.2. The highest BCUT2D eigenvalue weighted by Gasteiger charge is 2.91. The number of epoxide rings is 1. The monoisotopic (exact) mass is 630 g/mol. The molecule has 0 aromatic heterocycles. The molecule has 3 saturated heterocycles. The number of carbonyl (C=O) groups is 2. The van der Waals surface area contributed by atoms with E-state index in [0.717, 1.165) is 5.56 Å². The molecule has 3 fully saturated rings. The van der Waals surface area contributed by atoms with Gasteiger partial charge in [0.2, 0.25) is 11.4 Å². The molecule has 1 spiro atoms. The molecule has 1 amide bonds. The summed E-state index contributed by atoms with van der Waals surface area (Å²) in [6.07, 6.45) is -1.27. The highest BCUT2D eigenvalue weighted by Crippen LogP contribution is 2.71. The topological polar surface area (TPSA) is 185 Å². The molecule has 8 rings (SSSR count). The Morgan fingerprint density at radius 3 is 2.63 bits per heavy atom. The number of nitrogens with zero attached hydrogens (tertiary/aromatic N) is 4. The molecule has 5 atom stereocenters. The zero-order chi connectivity index (χ0) is 32.2. The smallest absolute Gasteiger partial charge is 0.407 e. The number of Topliss-reactive ketones (excluding diaryl/α,β-unsaturated/α-hetero) is 1. The van der Waals surface area contributed by atoms with Gasteiger partial charge in [-0.1, -0.05) is 29.4 Å². The van der Waals surface area contributed by atoms with Crippen LogP contribution in [0.3, 0.4) is 0 Å². The number of hydrogen-bond acceptors (Lipinski definition) is 10. The van der Waals surface area contributed by atoms with Gasteiger partial charge in [-0.2, -0.15) is 0 Å². The van der Waals surface area contributed by atoms with E-state index >= 15 is 0 Å². The second-order valence-electron chi connectivity index (χ2n) is 12.3. The maximum atomic E-state index is 13.1. The fraction of sp³-hybridized carbons (Fsp3) is 0.438. The van der Waals surface area contributed by atoms with E-state index in [1.807, 2.05) is 13.0 Å². The number of ketones is 1. The van der Waals surface area contributed by atoms with Crippen LogP contribution in [0.1, 0.15) is 51.6 Å². The largest absolute Gasteiger partial charge is 0.506 e. The minimum absolute atomic E-state index is 0.0142. The van der Waals surface area contributed by atoms with Gasteiger partial charge in [-0.05, 0) is 42.5 Å². The molecule has 3 aromatic carbocycles. The molecule has 2 bridgehead atoms. The molecule has 3 aromatic rings. The first-order chi connectivity index (χ1) is 22.1. The van der Waals surface area contributed by atoms with Crippen LogP contribution in [0.15, 0.2) is 35.4 Å². The van der Waals surface area contributed by atoms with Crippen molar-refractivity contribution in [3.8, 4) is 17.2 Å². The van der Waals surface area contributed by atoms with E-state index in [-0.39, 0.29) is 42.5 Å². The molecule has 4 aliphatic heterocycles. The Kier molecular flexibility index (Phi) is 6.09. The Labute approximate surface area is 261 Å². The van der Waals surface area contributed by atoms with E-state index < -0.39 is 35.5 Å². The van der Waals surface area contributed by atoms with Crippen molar-refractivity contribution in [3.05, 3.63) is 68.6 Å². The highest BCUT2D eigenvalue weighted by molar-refractivity contribution is 6.11. The summed E-state index contributed by atoms with van der Waals surface area (Å²) >= 11 is 0. The summed E-state index contributed by atoms with van der Waals surface area (Å²) in [5, 5.41) is 26.4. The van der Waals surface area contributed by atoms with Crippen LogP contribution >= 0.6 is 0 Å². The maximum Gasteiger partial charge on any atom is 0.407 e. The van der Waals surface area contributed by atoms with Crippen molar-refractivity contribution in [1.29, 1.82) is 0 Å². The average Bonchev–Trinajstić information content (AvgIpc) is 3.71. The summed E-state index contributed by atoms with van der Waals surface area (Å²) < 4.78 is 38.2. The third kappa shape index (κ3) is 3.53. The molecule has 1 aliphatic carbocycles. The van der Waals surface area contributed by atoms with Gasteiger partial charge in [-0.3, -0.25) is 9.69 Å². The molecule has 4 heterocycles. The van der Waals surface area contributed by atoms with Crippen LogP contribution in [-0.4, -0.2) is 77.6 Å². The number of aromatic hydroxyl groups is 1. The van der Waals surface area contributed by atoms with E-state index in [1.165, 1.54) is 19.1 Å². The summed E-state index contributed by atoms with van der Waals surface area (Å²) in [4.78, 5) is 29.6. The van der Waals surface area contributed by atoms with Crippen molar-refractivity contribution in [1.82, 2.24) is 4.90 Å². The fourth-order valence-corrected chi connectivity index (χ4v) is 7.97. The molecular weight excluding hydrogens is 600 g/mol. The predicted octanol–water partition coefficient (Wildman–Crippen LogP) is 5.17. The van der Waals surface area contributed by atoms with Crippen LogP contribution in [0.25, 0.3) is 21.2 Å². The Morgan fingerprint density at radius 2 is 1.98 bits per heavy atom. The molecular formula is C32H30N4O10. The second-order valence-corrected chi connectivity index (χ2v) is 12.3. The van der Waals surface area contributed by atoms with Crippen LogP contribution in [0, 0.1) is 6.92 Å². The van der Waals surface area contributed by atoms with Crippen LogP contribution in [0.2, 0.25) is 0 Å². The number of rotatable bonds is 7. The van der Waals surface area contributed by atoms with Gasteiger partial charge in [0.15, 0.2) is 11.9 Å². The van der Waals surface area contributed by atoms with E-state index in [1.54, 1.807) is 24.3 Å². The third-order valence-electron chi connectivity index (χ3n) is 10.0. The Balaban J connectivity index is 1.25. The Bertz CT molecular complexity index is 1900. The number of carbonyl (C=O) groups excluding carboxylic acids is 1. The molecule has 46 heavy (non-hydrogen) atoms. The summed E-state index contributed by atoms with van der Waals surface area (Å²) in [5.41, 5.74) is 10.7. The number of aryl methyl sites for hydroxylation is 1. The molecule has 14 heteroatoms. The molecule has 0 saturated carbocycles. The normalized spacial score (nSPS) is 29.6. The van der Waals surface area contributed by atoms with Crippen LogP contribution < -0.4 is 9.47 Å². The number of benzene rings is 3. The van der Waals surface area contributed by atoms with Crippen molar-refractivity contribution < 1.29 is 48.2 Å². The van der Waals surface area contributed by atoms with Gasteiger partial charge in [0.05, 0.1) is 31.2 Å². The highest BCUT2D eigenvalue weighted by atomic mass is 16.9. The fourth-order valence-electron chi connectivity index (χ4n) is 7.97. The lowest BCUT2D eigenvalue weighted by Gasteiger charge is -2.49. The number of phenolic OH excluding ortho intramolecular Hbond substituents is 1. The summed E-state index contributed by atoms with van der Waals surface area (Å²) in [7, 11) is 3.00. The van der Waals surface area contributed by atoms with E-state index in [0.29, 0.717) is 58.2 Å². The number of carboxylic acid groups (broad SMARTS) is 1. The first-order valence-corrected chi connectivity index (χ1v) is 14.9. The maximum absolute atomic E-state index is 13.1. The van der Waals surface area contributed by atoms with E-state index in [4.69, 9.17) is 34.0 Å². The van der Waals surface area contributed by atoms with Crippen molar-refractivity contribution in [2.24, 2.45) is 5.11 Å². The minimum atomic E-state index is -1.59. The summed E-state index contributed by atoms with van der Waals surface area (Å²) in [6.45, 7) is 1.74. The number of ether oxygens (including phenoxy) is 6. The molecule has 1 unspecified atom stereocenters. The zero-order valence-corrected chi connectivity index (χ0v) is 25.2. The quantitative estimate of drug-likeness (QED) is 0.153. The standard InChI is InChI=1S/C32H30N4O10/c1-15-11-19-23(24(38)22-18(25(19)41-2)5-4-6-20(22)37)26-21(15)27-28-32(42-3,45-26)30(14-43-30)31(44-27,46-28)13-36(29(39)40)12-16-7-9-17(10-8-16)34-35-33/h7-11,27-28,38H,4-6,12-14H2,1-3H3,(H,39,40)/t27-,28+,30-,31-,32?/m1/s1. The number of amides is 1. The van der Waals surface area contributed by atoms with Gasteiger partial charge in [-0.15, -0.1) is 0 Å². The van der Waals surface area contributed by atoms with Crippen LogP contribution in [-0.2, 0) is 31.9 Å². The van der Waals surface area contributed by atoms with E-state index in [9.17, 15) is 19.8 Å². The van der Waals surface area contributed by atoms with Crippen LogP contribution in [0.4, 0.5) is 10.5 Å². The number of fused-ring (bicyclic) bond motifs is 8.